The number of nitrogens with zero attached hydrogens (tertiary/aromatic N) is 2. The van der Waals surface area contributed by atoms with E-state index in [1.165, 1.54) is 11.1 Å². The molecule has 1 aliphatic rings. The Balaban J connectivity index is 1.78. The molecule has 3 rings (SSSR count). The lowest BCUT2D eigenvalue weighted by molar-refractivity contribution is 0.0943. The van der Waals surface area contributed by atoms with E-state index in [0.717, 1.165) is 39.0 Å². The summed E-state index contributed by atoms with van der Waals surface area (Å²) in [7, 11) is 2.10. The fourth-order valence-electron chi connectivity index (χ4n) is 3.61. The molecule has 0 aliphatic carbocycles. The molecule has 2 aromatic carbocycles. The van der Waals surface area contributed by atoms with Crippen LogP contribution in [0.25, 0.3) is 0 Å². The van der Waals surface area contributed by atoms with Crippen LogP contribution in [-0.4, -0.2) is 47.2 Å². The van der Waals surface area contributed by atoms with Gasteiger partial charge in [-0.05, 0) is 37.6 Å². The standard InChI is InChI=1S/C21H28N2O/c1-22-13-12-20(14-21(24)17-22)23(15-18-8-4-2-5-9-18)16-19-10-6-3-7-11-19/h2-11,20-21,24H,12-17H2,1H3/t20-,21-/m0/s1. The first-order chi connectivity index (χ1) is 11.7. The molecule has 3 heteroatoms. The van der Waals surface area contributed by atoms with E-state index in [1.54, 1.807) is 0 Å². The Labute approximate surface area is 145 Å². The van der Waals surface area contributed by atoms with E-state index >= 15 is 0 Å². The molecule has 24 heavy (non-hydrogen) atoms. The van der Waals surface area contributed by atoms with Crippen molar-refractivity contribution in [3.8, 4) is 0 Å². The second-order valence-electron chi connectivity index (χ2n) is 6.97. The Bertz CT molecular complexity index is 560. The predicted molar refractivity (Wildman–Crippen MR) is 98.7 cm³/mol. The Morgan fingerprint density at radius 1 is 0.958 bits per heavy atom. The maximum Gasteiger partial charge on any atom is 0.0681 e. The number of benzene rings is 2. The molecule has 2 aromatic rings. The van der Waals surface area contributed by atoms with Gasteiger partial charge in [0.05, 0.1) is 6.10 Å². The molecule has 1 saturated heterocycles. The second-order valence-corrected chi connectivity index (χ2v) is 6.97. The fourth-order valence-corrected chi connectivity index (χ4v) is 3.61. The SMILES string of the molecule is CN1CC[C@H](N(Cc2ccccc2)Cc2ccccc2)C[C@H](O)C1. The van der Waals surface area contributed by atoms with Gasteiger partial charge in [0, 0.05) is 25.7 Å². The molecule has 0 saturated carbocycles. The van der Waals surface area contributed by atoms with Gasteiger partial charge in [0.25, 0.3) is 0 Å². The molecular weight excluding hydrogens is 296 g/mol. The minimum atomic E-state index is -0.239. The second kappa shape index (κ2) is 8.43. The van der Waals surface area contributed by atoms with Gasteiger partial charge in [0.15, 0.2) is 0 Å². The van der Waals surface area contributed by atoms with Crippen LogP contribution in [-0.2, 0) is 13.1 Å². The number of hydrogen-bond donors (Lipinski definition) is 1. The Morgan fingerprint density at radius 2 is 1.50 bits per heavy atom. The summed E-state index contributed by atoms with van der Waals surface area (Å²) >= 11 is 0. The molecule has 0 radical (unpaired) electrons. The van der Waals surface area contributed by atoms with Gasteiger partial charge in [-0.1, -0.05) is 60.7 Å². The summed E-state index contributed by atoms with van der Waals surface area (Å²) in [5.41, 5.74) is 2.67. The first kappa shape index (κ1) is 17.2. The van der Waals surface area contributed by atoms with Crippen molar-refractivity contribution in [3.05, 3.63) is 71.8 Å². The van der Waals surface area contributed by atoms with Crippen molar-refractivity contribution in [2.75, 3.05) is 20.1 Å². The third kappa shape index (κ3) is 4.91. The third-order valence-corrected chi connectivity index (χ3v) is 4.88. The van der Waals surface area contributed by atoms with Gasteiger partial charge in [-0.2, -0.15) is 0 Å². The van der Waals surface area contributed by atoms with Crippen LogP contribution in [0.5, 0.6) is 0 Å². The fraction of sp³-hybridized carbons (Fsp3) is 0.429. The highest BCUT2D eigenvalue weighted by atomic mass is 16.3. The molecule has 2 atom stereocenters. The number of likely N-dealkylation sites (N-methyl/N-ethyl adjacent to an activating group) is 1. The molecule has 1 fully saturated rings. The van der Waals surface area contributed by atoms with E-state index in [0.29, 0.717) is 6.04 Å². The van der Waals surface area contributed by atoms with Gasteiger partial charge < -0.3 is 10.0 Å². The van der Waals surface area contributed by atoms with Crippen molar-refractivity contribution < 1.29 is 5.11 Å². The van der Waals surface area contributed by atoms with Crippen molar-refractivity contribution in [3.63, 3.8) is 0 Å². The van der Waals surface area contributed by atoms with Crippen LogP contribution in [0, 0.1) is 0 Å². The maximum atomic E-state index is 10.3. The summed E-state index contributed by atoms with van der Waals surface area (Å²) < 4.78 is 0. The lowest BCUT2D eigenvalue weighted by atomic mass is 10.0. The lowest BCUT2D eigenvalue weighted by Gasteiger charge is -2.32. The van der Waals surface area contributed by atoms with Crippen LogP contribution in [0.1, 0.15) is 24.0 Å². The van der Waals surface area contributed by atoms with Gasteiger partial charge >= 0.3 is 0 Å². The molecule has 0 unspecified atom stereocenters. The highest BCUT2D eigenvalue weighted by molar-refractivity contribution is 5.17. The van der Waals surface area contributed by atoms with Gasteiger partial charge in [-0.3, -0.25) is 4.90 Å². The predicted octanol–water partition coefficient (Wildman–Crippen LogP) is 3.14. The minimum Gasteiger partial charge on any atom is -0.392 e. The van der Waals surface area contributed by atoms with E-state index in [1.807, 2.05) is 0 Å². The van der Waals surface area contributed by atoms with Gasteiger partial charge in [0.1, 0.15) is 0 Å². The Morgan fingerprint density at radius 3 is 2.04 bits per heavy atom. The van der Waals surface area contributed by atoms with Crippen LogP contribution in [0.4, 0.5) is 0 Å². The van der Waals surface area contributed by atoms with Gasteiger partial charge in [0.2, 0.25) is 0 Å². The molecule has 1 aliphatic heterocycles. The zero-order valence-electron chi connectivity index (χ0n) is 14.5. The van der Waals surface area contributed by atoms with Gasteiger partial charge in [-0.15, -0.1) is 0 Å². The number of likely N-dealkylation sites (tertiary alicyclic amines) is 1. The molecular formula is C21H28N2O. The van der Waals surface area contributed by atoms with E-state index in [2.05, 4.69) is 77.5 Å². The molecule has 1 heterocycles. The maximum absolute atomic E-state index is 10.3. The molecule has 3 nitrogen and oxygen atoms in total. The van der Waals surface area contributed by atoms with Crippen LogP contribution >= 0.6 is 0 Å². The highest BCUT2D eigenvalue weighted by Crippen LogP contribution is 2.21. The monoisotopic (exact) mass is 324 g/mol. The summed E-state index contributed by atoms with van der Waals surface area (Å²) in [5.74, 6) is 0. The average molecular weight is 324 g/mol. The number of aliphatic hydroxyl groups is 1. The minimum absolute atomic E-state index is 0.239. The number of rotatable bonds is 5. The third-order valence-electron chi connectivity index (χ3n) is 4.88. The number of β-amino-alcohol motifs (C(OH)–C–C–N with tert-alkyl or cyclic N) is 1. The van der Waals surface area contributed by atoms with Crippen molar-refractivity contribution in [1.29, 1.82) is 0 Å². The smallest absolute Gasteiger partial charge is 0.0681 e. The van der Waals surface area contributed by atoms with Crippen LogP contribution in [0.2, 0.25) is 0 Å². The normalized spacial score (nSPS) is 22.5. The summed E-state index contributed by atoms with van der Waals surface area (Å²) in [6.07, 6.45) is 1.72. The lowest BCUT2D eigenvalue weighted by Crippen LogP contribution is -2.36. The average Bonchev–Trinajstić information content (AvgIpc) is 2.76. The van der Waals surface area contributed by atoms with Crippen molar-refractivity contribution in [2.45, 2.75) is 38.1 Å². The molecule has 0 spiro atoms. The van der Waals surface area contributed by atoms with Crippen molar-refractivity contribution in [1.82, 2.24) is 9.80 Å². The van der Waals surface area contributed by atoms with E-state index in [9.17, 15) is 5.11 Å². The van der Waals surface area contributed by atoms with E-state index in [-0.39, 0.29) is 6.10 Å². The molecule has 1 N–H and O–H groups in total. The van der Waals surface area contributed by atoms with Crippen molar-refractivity contribution >= 4 is 0 Å². The quantitative estimate of drug-likeness (QED) is 0.915. The highest BCUT2D eigenvalue weighted by Gasteiger charge is 2.26. The first-order valence-electron chi connectivity index (χ1n) is 8.89. The number of hydrogen-bond acceptors (Lipinski definition) is 3. The van der Waals surface area contributed by atoms with E-state index < -0.39 is 0 Å². The number of aliphatic hydroxyl groups excluding tert-OH is 1. The van der Waals surface area contributed by atoms with Crippen molar-refractivity contribution in [2.24, 2.45) is 0 Å². The molecule has 0 amide bonds. The first-order valence-corrected chi connectivity index (χ1v) is 8.89. The molecule has 0 aromatic heterocycles. The summed E-state index contributed by atoms with van der Waals surface area (Å²) in [6, 6.07) is 21.7. The molecule has 0 bridgehead atoms. The zero-order valence-corrected chi connectivity index (χ0v) is 14.5. The Kier molecular flexibility index (Phi) is 6.02. The zero-order chi connectivity index (χ0) is 16.8. The van der Waals surface area contributed by atoms with Crippen LogP contribution < -0.4 is 0 Å². The Hall–Kier alpha value is -1.68. The summed E-state index contributed by atoms with van der Waals surface area (Å²) in [4.78, 5) is 4.78. The summed E-state index contributed by atoms with van der Waals surface area (Å²) in [5, 5.41) is 10.3. The van der Waals surface area contributed by atoms with Crippen LogP contribution in [0.15, 0.2) is 60.7 Å². The van der Waals surface area contributed by atoms with E-state index in [4.69, 9.17) is 0 Å². The topological polar surface area (TPSA) is 26.7 Å². The van der Waals surface area contributed by atoms with Crippen LogP contribution in [0.3, 0.4) is 0 Å². The largest absolute Gasteiger partial charge is 0.392 e. The molecule has 128 valence electrons. The summed E-state index contributed by atoms with van der Waals surface area (Å²) in [6.45, 7) is 3.68. The van der Waals surface area contributed by atoms with Gasteiger partial charge in [-0.25, -0.2) is 0 Å².